The third-order valence-electron chi connectivity index (χ3n) is 1.46. The van der Waals surface area contributed by atoms with Gasteiger partial charge in [-0.25, -0.2) is 0 Å². The van der Waals surface area contributed by atoms with Crippen LogP contribution >= 0.6 is 11.6 Å². The first-order chi connectivity index (χ1) is 5.86. The second-order valence-corrected chi connectivity index (χ2v) is 2.68. The smallest absolute Gasteiger partial charge is 0.119 e. The van der Waals surface area contributed by atoms with Gasteiger partial charge in [-0.05, 0) is 17.7 Å². The zero-order chi connectivity index (χ0) is 8.81. The van der Waals surface area contributed by atoms with Crippen molar-refractivity contribution in [3.05, 3.63) is 29.8 Å². The van der Waals surface area contributed by atoms with Crippen molar-refractivity contribution in [2.24, 2.45) is 0 Å². The van der Waals surface area contributed by atoms with E-state index in [9.17, 15) is 0 Å². The van der Waals surface area contributed by atoms with Crippen LogP contribution in [0.5, 0.6) is 5.75 Å². The van der Waals surface area contributed by atoms with Crippen molar-refractivity contribution in [1.82, 2.24) is 0 Å². The minimum atomic E-state index is 0.539. The molecule has 0 aliphatic rings. The summed E-state index contributed by atoms with van der Waals surface area (Å²) >= 11 is 5.62. The van der Waals surface area contributed by atoms with E-state index in [2.05, 4.69) is 0 Å². The molecule has 1 aromatic rings. The van der Waals surface area contributed by atoms with E-state index in [1.807, 2.05) is 24.3 Å². The van der Waals surface area contributed by atoms with Crippen LogP contribution in [0.1, 0.15) is 5.56 Å². The average molecular weight is 180 g/mol. The Labute approximate surface area is 79.1 Å². The van der Waals surface area contributed by atoms with E-state index in [1.165, 1.54) is 0 Å². The highest BCUT2D eigenvalue weighted by Crippen LogP contribution is 2.13. The van der Waals surface area contributed by atoms with E-state index in [1.54, 1.807) is 0 Å². The molecule has 0 spiro atoms. The lowest BCUT2D eigenvalue weighted by atomic mass is 10.1. The molecule has 0 aromatic heterocycles. The largest absolute Gasteiger partial charge is 0.494 e. The van der Waals surface area contributed by atoms with Crippen molar-refractivity contribution in [2.75, 3.05) is 6.61 Å². The van der Waals surface area contributed by atoms with Gasteiger partial charge in [0.1, 0.15) is 5.75 Å². The van der Waals surface area contributed by atoms with Gasteiger partial charge in [0, 0.05) is 5.88 Å². The number of hydrogen-bond donors (Lipinski definition) is 0. The minimum absolute atomic E-state index is 0.539. The summed E-state index contributed by atoms with van der Waals surface area (Å²) in [5, 5.41) is 0. The molecule has 0 heterocycles. The summed E-state index contributed by atoms with van der Waals surface area (Å²) in [6.07, 6.45) is 0.539. The van der Waals surface area contributed by atoms with Crippen molar-refractivity contribution in [1.29, 1.82) is 0 Å². The molecule has 0 saturated carbocycles. The Bertz CT molecular complexity index is 222. The van der Waals surface area contributed by atoms with Gasteiger partial charge in [-0.2, -0.15) is 0 Å². The SMILES string of the molecule is [B]CCOc1ccc(CCl)cc1. The fraction of sp³-hybridized carbons (Fsp3) is 0.333. The minimum Gasteiger partial charge on any atom is -0.494 e. The number of rotatable bonds is 4. The van der Waals surface area contributed by atoms with Crippen LogP contribution in [0, 0.1) is 0 Å². The molecule has 0 saturated heterocycles. The highest BCUT2D eigenvalue weighted by atomic mass is 35.5. The Kier molecular flexibility index (Phi) is 4.02. The summed E-state index contributed by atoms with van der Waals surface area (Å²) in [6, 6.07) is 7.68. The molecule has 0 amide bonds. The Morgan fingerprint density at radius 1 is 1.25 bits per heavy atom. The van der Waals surface area contributed by atoms with Crippen LogP contribution < -0.4 is 4.74 Å². The van der Waals surface area contributed by atoms with E-state index in [-0.39, 0.29) is 0 Å². The molecule has 62 valence electrons. The van der Waals surface area contributed by atoms with Gasteiger partial charge in [-0.1, -0.05) is 18.5 Å². The van der Waals surface area contributed by atoms with Gasteiger partial charge in [0.05, 0.1) is 14.5 Å². The zero-order valence-electron chi connectivity index (χ0n) is 6.79. The van der Waals surface area contributed by atoms with Gasteiger partial charge in [0.2, 0.25) is 0 Å². The first kappa shape index (κ1) is 9.46. The third kappa shape index (κ3) is 2.78. The summed E-state index contributed by atoms with van der Waals surface area (Å²) in [5.41, 5.74) is 1.09. The van der Waals surface area contributed by atoms with Crippen LogP contribution in [0.15, 0.2) is 24.3 Å². The molecule has 1 aromatic carbocycles. The van der Waals surface area contributed by atoms with Gasteiger partial charge in [0.25, 0.3) is 0 Å². The predicted molar refractivity (Wildman–Crippen MR) is 52.1 cm³/mol. The van der Waals surface area contributed by atoms with Gasteiger partial charge < -0.3 is 4.74 Å². The molecule has 1 nitrogen and oxygen atoms in total. The quantitative estimate of drug-likeness (QED) is 0.511. The number of halogens is 1. The van der Waals surface area contributed by atoms with E-state index >= 15 is 0 Å². The van der Waals surface area contributed by atoms with Crippen molar-refractivity contribution in [3.8, 4) is 5.75 Å². The lowest BCUT2D eigenvalue weighted by molar-refractivity contribution is 0.340. The Hall–Kier alpha value is -0.625. The summed E-state index contributed by atoms with van der Waals surface area (Å²) in [4.78, 5) is 0. The molecule has 12 heavy (non-hydrogen) atoms. The fourth-order valence-electron chi connectivity index (χ4n) is 0.852. The summed E-state index contributed by atoms with van der Waals surface area (Å²) in [7, 11) is 5.29. The monoisotopic (exact) mass is 180 g/mol. The van der Waals surface area contributed by atoms with Crippen molar-refractivity contribution in [3.63, 3.8) is 0 Å². The summed E-state index contributed by atoms with van der Waals surface area (Å²) < 4.78 is 5.29. The van der Waals surface area contributed by atoms with Gasteiger partial charge >= 0.3 is 0 Å². The molecular formula is C9H10BClO. The first-order valence-corrected chi connectivity index (χ1v) is 4.38. The average Bonchev–Trinajstić information content (AvgIpc) is 2.15. The van der Waals surface area contributed by atoms with Crippen molar-refractivity contribution in [2.45, 2.75) is 12.2 Å². The van der Waals surface area contributed by atoms with Crippen LogP contribution in [0.25, 0.3) is 0 Å². The molecule has 0 aliphatic heterocycles. The molecule has 0 unspecified atom stereocenters. The second-order valence-electron chi connectivity index (χ2n) is 2.41. The predicted octanol–water partition coefficient (Wildman–Crippen LogP) is 2.39. The van der Waals surface area contributed by atoms with E-state index in [0.717, 1.165) is 11.3 Å². The standard InChI is InChI=1S/C9H10BClO/c10-5-6-12-9-3-1-8(7-11)2-4-9/h1-4H,5-7H2. The van der Waals surface area contributed by atoms with Crippen molar-refractivity contribution < 1.29 is 4.74 Å². The highest BCUT2D eigenvalue weighted by Gasteiger charge is 1.92. The van der Waals surface area contributed by atoms with Gasteiger partial charge in [-0.15, -0.1) is 11.6 Å². The topological polar surface area (TPSA) is 9.23 Å². The van der Waals surface area contributed by atoms with Crippen LogP contribution in [0.2, 0.25) is 6.32 Å². The maximum atomic E-state index is 5.62. The Morgan fingerprint density at radius 2 is 1.92 bits per heavy atom. The van der Waals surface area contributed by atoms with Gasteiger partial charge in [0.15, 0.2) is 0 Å². The number of hydrogen-bond acceptors (Lipinski definition) is 1. The summed E-state index contributed by atoms with van der Waals surface area (Å²) in [5.74, 6) is 1.38. The maximum Gasteiger partial charge on any atom is 0.119 e. The first-order valence-electron chi connectivity index (χ1n) is 3.84. The number of ether oxygens (including phenoxy) is 1. The van der Waals surface area contributed by atoms with Crippen LogP contribution in [-0.4, -0.2) is 14.5 Å². The Balaban J connectivity index is 2.53. The molecule has 2 radical (unpaired) electrons. The molecule has 0 bridgehead atoms. The van der Waals surface area contributed by atoms with E-state index < -0.39 is 0 Å². The lowest BCUT2D eigenvalue weighted by Gasteiger charge is -2.04. The molecular weight excluding hydrogens is 170 g/mol. The van der Waals surface area contributed by atoms with E-state index in [4.69, 9.17) is 24.2 Å². The highest BCUT2D eigenvalue weighted by molar-refractivity contribution is 6.17. The zero-order valence-corrected chi connectivity index (χ0v) is 7.55. The van der Waals surface area contributed by atoms with Crippen LogP contribution in [0.3, 0.4) is 0 Å². The molecule has 0 atom stereocenters. The van der Waals surface area contributed by atoms with Crippen LogP contribution in [-0.2, 0) is 5.88 Å². The molecule has 3 heteroatoms. The summed E-state index contributed by atoms with van der Waals surface area (Å²) in [6.45, 7) is 0.556. The third-order valence-corrected chi connectivity index (χ3v) is 1.77. The number of benzene rings is 1. The fourth-order valence-corrected chi connectivity index (χ4v) is 1.03. The number of alkyl halides is 1. The molecule has 1 rings (SSSR count). The molecule has 0 N–H and O–H groups in total. The van der Waals surface area contributed by atoms with Crippen LogP contribution in [0.4, 0.5) is 0 Å². The van der Waals surface area contributed by atoms with Crippen molar-refractivity contribution >= 4 is 19.4 Å². The Morgan fingerprint density at radius 3 is 2.42 bits per heavy atom. The maximum absolute atomic E-state index is 5.62. The normalized spacial score (nSPS) is 9.75. The van der Waals surface area contributed by atoms with E-state index in [0.29, 0.717) is 18.8 Å². The second kappa shape index (κ2) is 5.10. The lowest BCUT2D eigenvalue weighted by Crippen LogP contribution is -1.95. The molecule has 0 fully saturated rings. The molecule has 0 aliphatic carbocycles. The van der Waals surface area contributed by atoms with Gasteiger partial charge in [-0.3, -0.25) is 0 Å².